The van der Waals surface area contributed by atoms with E-state index in [0.29, 0.717) is 12.4 Å². The van der Waals surface area contributed by atoms with E-state index in [2.05, 4.69) is 15.3 Å². The molecule has 2 rings (SSSR count). The second-order valence-electron chi connectivity index (χ2n) is 5.78. The van der Waals surface area contributed by atoms with Crippen molar-refractivity contribution in [2.45, 2.75) is 0 Å². The third-order valence-electron chi connectivity index (χ3n) is 3.73. The monoisotopic (exact) mass is 339 g/mol. The quantitative estimate of drug-likeness (QED) is 0.682. The molecule has 1 aliphatic heterocycles. The fourth-order valence-electron chi connectivity index (χ4n) is 2.20. The average molecular weight is 339 g/mol. The van der Waals surface area contributed by atoms with Crippen molar-refractivity contribution in [2.24, 2.45) is 7.05 Å². The summed E-state index contributed by atoms with van der Waals surface area (Å²) in [7, 11) is 4.98. The summed E-state index contributed by atoms with van der Waals surface area (Å²) in [5, 5.41) is 6.96. The van der Waals surface area contributed by atoms with Crippen molar-refractivity contribution >= 4 is 11.8 Å². The third kappa shape index (κ3) is 5.20. The van der Waals surface area contributed by atoms with E-state index < -0.39 is 0 Å². The number of morpholine rings is 1. The zero-order chi connectivity index (χ0) is 17.5. The van der Waals surface area contributed by atoms with Crippen LogP contribution in [0.2, 0.25) is 0 Å². The van der Waals surface area contributed by atoms with E-state index in [0.717, 1.165) is 32.8 Å². The van der Waals surface area contributed by atoms with Crippen molar-refractivity contribution in [3.63, 3.8) is 0 Å². The van der Waals surface area contributed by atoms with Gasteiger partial charge in [-0.2, -0.15) is 5.10 Å². The first kappa shape index (κ1) is 18.2. The Balaban J connectivity index is 1.79. The molecule has 1 fully saturated rings. The summed E-state index contributed by atoms with van der Waals surface area (Å²) in [5.41, 5.74) is 0.270. The van der Waals surface area contributed by atoms with E-state index in [1.807, 2.05) is 0 Å². The number of amides is 2. The lowest BCUT2D eigenvalue weighted by Crippen LogP contribution is -2.41. The fraction of sp³-hybridized carbons (Fsp3) is 0.667. The van der Waals surface area contributed by atoms with Crippen molar-refractivity contribution in [1.29, 1.82) is 0 Å². The molecule has 0 atom stereocenters. The van der Waals surface area contributed by atoms with Crippen molar-refractivity contribution in [2.75, 3.05) is 60.1 Å². The first-order chi connectivity index (χ1) is 11.5. The van der Waals surface area contributed by atoms with Crippen LogP contribution in [0.1, 0.15) is 10.5 Å². The largest absolute Gasteiger partial charge is 0.468 e. The lowest BCUT2D eigenvalue weighted by atomic mass is 10.3. The van der Waals surface area contributed by atoms with Gasteiger partial charge >= 0.3 is 0 Å². The molecule has 1 N–H and O–H groups in total. The Kier molecular flexibility index (Phi) is 6.56. The van der Waals surface area contributed by atoms with E-state index in [1.165, 1.54) is 15.6 Å². The van der Waals surface area contributed by atoms with Gasteiger partial charge in [-0.05, 0) is 0 Å². The van der Waals surface area contributed by atoms with Crippen LogP contribution < -0.4 is 10.1 Å². The molecule has 9 heteroatoms. The molecule has 0 saturated carbocycles. The molecule has 134 valence electrons. The van der Waals surface area contributed by atoms with Crippen LogP contribution in [0.25, 0.3) is 0 Å². The maximum Gasteiger partial charge on any atom is 0.271 e. The van der Waals surface area contributed by atoms with Crippen LogP contribution in [0.3, 0.4) is 0 Å². The number of likely N-dealkylation sites (N-methyl/N-ethyl adjacent to an activating group) is 1. The van der Waals surface area contributed by atoms with Gasteiger partial charge in [0.25, 0.3) is 11.8 Å². The molecule has 0 spiro atoms. The standard InChI is InChI=1S/C15H25N5O4/c1-18(2)13(21)11-24-14-10-12(17-19(14)3)15(22)16-4-5-20-6-8-23-9-7-20/h10H,4-9,11H2,1-3H3,(H,16,22). The molecule has 0 aromatic carbocycles. The first-order valence-corrected chi connectivity index (χ1v) is 7.92. The second kappa shape index (κ2) is 8.65. The van der Waals surface area contributed by atoms with Gasteiger partial charge in [0.2, 0.25) is 5.88 Å². The summed E-state index contributed by atoms with van der Waals surface area (Å²) in [5.74, 6) is -0.0381. The van der Waals surface area contributed by atoms with Crippen LogP contribution in [0.15, 0.2) is 6.07 Å². The van der Waals surface area contributed by atoms with Crippen LogP contribution in [0.4, 0.5) is 0 Å². The lowest BCUT2D eigenvalue weighted by Gasteiger charge is -2.26. The van der Waals surface area contributed by atoms with Crippen LogP contribution in [0.5, 0.6) is 5.88 Å². The van der Waals surface area contributed by atoms with Crippen LogP contribution in [-0.4, -0.2) is 91.5 Å². The zero-order valence-corrected chi connectivity index (χ0v) is 14.4. The van der Waals surface area contributed by atoms with Crippen LogP contribution >= 0.6 is 0 Å². The Morgan fingerprint density at radius 3 is 2.75 bits per heavy atom. The molecule has 2 heterocycles. The Morgan fingerprint density at radius 2 is 2.08 bits per heavy atom. The number of ether oxygens (including phenoxy) is 2. The number of aromatic nitrogens is 2. The molecule has 9 nitrogen and oxygen atoms in total. The minimum Gasteiger partial charge on any atom is -0.468 e. The predicted molar refractivity (Wildman–Crippen MR) is 87.0 cm³/mol. The van der Waals surface area contributed by atoms with Gasteiger partial charge in [0.15, 0.2) is 12.3 Å². The fourth-order valence-corrected chi connectivity index (χ4v) is 2.20. The number of carbonyl (C=O) groups is 2. The van der Waals surface area contributed by atoms with Gasteiger partial charge in [0.05, 0.1) is 13.2 Å². The zero-order valence-electron chi connectivity index (χ0n) is 14.4. The Hall–Kier alpha value is -2.13. The topological polar surface area (TPSA) is 88.9 Å². The number of carbonyl (C=O) groups excluding carboxylic acids is 2. The van der Waals surface area contributed by atoms with Crippen molar-refractivity contribution in [1.82, 2.24) is 24.9 Å². The molecule has 24 heavy (non-hydrogen) atoms. The second-order valence-corrected chi connectivity index (χ2v) is 5.78. The van der Waals surface area contributed by atoms with E-state index in [-0.39, 0.29) is 24.1 Å². The van der Waals surface area contributed by atoms with Gasteiger partial charge in [0.1, 0.15) is 0 Å². The molecule has 1 aromatic rings. The van der Waals surface area contributed by atoms with Gasteiger partial charge in [-0.25, -0.2) is 4.68 Å². The Bertz CT molecular complexity index is 566. The highest BCUT2D eigenvalue weighted by Crippen LogP contribution is 2.12. The number of aryl methyl sites for hydroxylation is 1. The van der Waals surface area contributed by atoms with E-state index in [1.54, 1.807) is 21.1 Å². The lowest BCUT2D eigenvalue weighted by molar-refractivity contribution is -0.130. The number of rotatable bonds is 7. The SMILES string of the molecule is CN(C)C(=O)COc1cc(C(=O)NCCN2CCOCC2)nn1C. The summed E-state index contributed by atoms with van der Waals surface area (Å²) < 4.78 is 12.1. The highest BCUT2D eigenvalue weighted by molar-refractivity contribution is 5.92. The number of nitrogens with zero attached hydrogens (tertiary/aromatic N) is 4. The average Bonchev–Trinajstić information content (AvgIpc) is 2.94. The maximum atomic E-state index is 12.1. The highest BCUT2D eigenvalue weighted by Gasteiger charge is 2.16. The minimum atomic E-state index is -0.257. The number of hydrogen-bond acceptors (Lipinski definition) is 6. The number of nitrogens with one attached hydrogen (secondary N) is 1. The molecular formula is C15H25N5O4. The first-order valence-electron chi connectivity index (χ1n) is 7.92. The Morgan fingerprint density at radius 1 is 1.38 bits per heavy atom. The highest BCUT2D eigenvalue weighted by atomic mass is 16.5. The Labute approximate surface area is 141 Å². The predicted octanol–water partition coefficient (Wildman–Crippen LogP) is -1.05. The van der Waals surface area contributed by atoms with E-state index in [9.17, 15) is 9.59 Å². The van der Waals surface area contributed by atoms with Crippen LogP contribution in [-0.2, 0) is 16.6 Å². The molecule has 0 radical (unpaired) electrons. The van der Waals surface area contributed by atoms with Gasteiger partial charge in [-0.1, -0.05) is 0 Å². The molecule has 0 aliphatic carbocycles. The van der Waals surface area contributed by atoms with Gasteiger partial charge in [0, 0.05) is 53.4 Å². The van der Waals surface area contributed by atoms with Gasteiger partial charge in [-0.15, -0.1) is 0 Å². The molecule has 0 bridgehead atoms. The summed E-state index contributed by atoms with van der Waals surface area (Å²) >= 11 is 0. The number of hydrogen-bond donors (Lipinski definition) is 1. The van der Waals surface area contributed by atoms with E-state index >= 15 is 0 Å². The van der Waals surface area contributed by atoms with Crippen molar-refractivity contribution < 1.29 is 19.1 Å². The summed E-state index contributed by atoms with van der Waals surface area (Å²) in [6, 6.07) is 1.53. The summed E-state index contributed by atoms with van der Waals surface area (Å²) in [4.78, 5) is 27.4. The van der Waals surface area contributed by atoms with Crippen LogP contribution in [0, 0.1) is 0 Å². The third-order valence-corrected chi connectivity index (χ3v) is 3.73. The molecule has 1 aliphatic rings. The van der Waals surface area contributed by atoms with Crippen molar-refractivity contribution in [3.8, 4) is 5.88 Å². The summed E-state index contributed by atoms with van der Waals surface area (Å²) in [6.45, 7) is 4.48. The molecule has 0 unspecified atom stereocenters. The normalized spacial score (nSPS) is 15.1. The summed E-state index contributed by atoms with van der Waals surface area (Å²) in [6.07, 6.45) is 0. The maximum absolute atomic E-state index is 12.1. The molecular weight excluding hydrogens is 314 g/mol. The van der Waals surface area contributed by atoms with Gasteiger partial charge in [-0.3, -0.25) is 14.5 Å². The molecule has 1 aromatic heterocycles. The van der Waals surface area contributed by atoms with Crippen molar-refractivity contribution in [3.05, 3.63) is 11.8 Å². The smallest absolute Gasteiger partial charge is 0.271 e. The molecule has 2 amide bonds. The molecule has 1 saturated heterocycles. The van der Waals surface area contributed by atoms with Gasteiger partial charge < -0.3 is 19.7 Å². The minimum absolute atomic E-state index is 0.0926. The van der Waals surface area contributed by atoms with E-state index in [4.69, 9.17) is 9.47 Å².